The fourth-order valence-corrected chi connectivity index (χ4v) is 5.04. The van der Waals surface area contributed by atoms with Crippen LogP contribution in [0.5, 0.6) is 11.5 Å². The Balaban J connectivity index is 0.00000182. The topological polar surface area (TPSA) is 12.5 Å². The standard InChI is InChI=1S/C21H25NOS.ClH/c1-16-9-10-20-18(15-16)21(17-7-3-4-8-19(17)23-20)24-14-13-22-11-5-2-6-12-22;/h3-4,7-10,15,21H,2,5-6,11-14H2,1H3;1H. The van der Waals surface area contributed by atoms with Gasteiger partial charge in [-0.15, -0.1) is 24.2 Å². The summed E-state index contributed by atoms with van der Waals surface area (Å²) < 4.78 is 6.14. The number of para-hydroxylation sites is 1. The van der Waals surface area contributed by atoms with Crippen LogP contribution >= 0.6 is 24.2 Å². The molecule has 0 N–H and O–H groups in total. The average Bonchev–Trinajstić information content (AvgIpc) is 2.62. The second kappa shape index (κ2) is 8.48. The minimum absolute atomic E-state index is 0. The van der Waals surface area contributed by atoms with E-state index in [0.29, 0.717) is 5.25 Å². The molecule has 1 saturated heterocycles. The van der Waals surface area contributed by atoms with Crippen molar-refractivity contribution in [2.75, 3.05) is 25.4 Å². The van der Waals surface area contributed by atoms with Gasteiger partial charge in [0, 0.05) is 23.4 Å². The number of fused-ring (bicyclic) bond motifs is 2. The molecule has 4 heteroatoms. The Morgan fingerprint density at radius 3 is 2.60 bits per heavy atom. The van der Waals surface area contributed by atoms with Gasteiger partial charge in [-0.1, -0.05) is 42.3 Å². The van der Waals surface area contributed by atoms with Gasteiger partial charge in [0.1, 0.15) is 11.5 Å². The van der Waals surface area contributed by atoms with Gasteiger partial charge in [0.25, 0.3) is 0 Å². The second-order valence-electron chi connectivity index (χ2n) is 6.83. The first-order valence-electron chi connectivity index (χ1n) is 9.02. The quantitative estimate of drug-likeness (QED) is 0.666. The number of thioether (sulfide) groups is 1. The average molecular weight is 376 g/mol. The molecule has 0 spiro atoms. The molecule has 0 amide bonds. The van der Waals surface area contributed by atoms with Crippen LogP contribution < -0.4 is 4.74 Å². The summed E-state index contributed by atoms with van der Waals surface area (Å²) in [7, 11) is 0. The zero-order valence-electron chi connectivity index (χ0n) is 14.7. The molecule has 0 saturated carbocycles. The van der Waals surface area contributed by atoms with Crippen LogP contribution in [0.4, 0.5) is 0 Å². The van der Waals surface area contributed by atoms with Crippen LogP contribution in [0.25, 0.3) is 0 Å². The molecule has 2 aliphatic rings. The summed E-state index contributed by atoms with van der Waals surface area (Å²) in [6, 6.07) is 15.1. The molecule has 1 fully saturated rings. The van der Waals surface area contributed by atoms with Crippen LogP contribution in [0.15, 0.2) is 42.5 Å². The fraction of sp³-hybridized carbons (Fsp3) is 0.429. The number of nitrogens with zero attached hydrogens (tertiary/aromatic N) is 1. The lowest BCUT2D eigenvalue weighted by Gasteiger charge is -2.30. The summed E-state index contributed by atoms with van der Waals surface area (Å²) in [5.74, 6) is 3.21. The number of ether oxygens (including phenoxy) is 1. The molecule has 1 atom stereocenters. The second-order valence-corrected chi connectivity index (χ2v) is 8.05. The van der Waals surface area contributed by atoms with Crippen molar-refractivity contribution in [3.63, 3.8) is 0 Å². The lowest BCUT2D eigenvalue weighted by molar-refractivity contribution is 0.242. The minimum Gasteiger partial charge on any atom is -0.457 e. The molecule has 4 rings (SSSR count). The lowest BCUT2D eigenvalue weighted by Crippen LogP contribution is -2.31. The van der Waals surface area contributed by atoms with Crippen LogP contribution in [0.1, 0.15) is 41.2 Å². The van der Waals surface area contributed by atoms with Crippen LogP contribution in [-0.2, 0) is 0 Å². The van der Waals surface area contributed by atoms with Gasteiger partial charge in [-0.05, 0) is 45.0 Å². The predicted octanol–water partition coefficient (Wildman–Crippen LogP) is 5.83. The molecule has 2 aromatic rings. The Hall–Kier alpha value is -1.16. The first kappa shape index (κ1) is 18.6. The van der Waals surface area contributed by atoms with E-state index < -0.39 is 0 Å². The van der Waals surface area contributed by atoms with Crippen molar-refractivity contribution >= 4 is 24.2 Å². The number of hydrogen-bond acceptors (Lipinski definition) is 3. The maximum atomic E-state index is 6.14. The number of aryl methyl sites for hydroxylation is 1. The molecule has 0 bridgehead atoms. The molecule has 0 aromatic heterocycles. The Kier molecular flexibility index (Phi) is 6.32. The van der Waals surface area contributed by atoms with Gasteiger partial charge in [-0.25, -0.2) is 0 Å². The highest BCUT2D eigenvalue weighted by Gasteiger charge is 2.27. The van der Waals surface area contributed by atoms with Crippen molar-refractivity contribution in [1.29, 1.82) is 0 Å². The van der Waals surface area contributed by atoms with Crippen LogP contribution in [0, 0.1) is 6.92 Å². The summed E-state index contributed by atoms with van der Waals surface area (Å²) in [6.45, 7) is 5.92. The van der Waals surface area contributed by atoms with E-state index in [-0.39, 0.29) is 12.4 Å². The molecule has 134 valence electrons. The molecule has 25 heavy (non-hydrogen) atoms. The summed E-state index contributed by atoms with van der Waals surface area (Å²) >= 11 is 2.06. The molecule has 2 aromatic carbocycles. The van der Waals surface area contributed by atoms with Crippen molar-refractivity contribution in [2.45, 2.75) is 31.4 Å². The van der Waals surface area contributed by atoms with E-state index in [1.807, 2.05) is 0 Å². The van der Waals surface area contributed by atoms with Crippen LogP contribution in [0.3, 0.4) is 0 Å². The Morgan fingerprint density at radius 1 is 1.00 bits per heavy atom. The molecule has 2 heterocycles. The van der Waals surface area contributed by atoms with E-state index in [4.69, 9.17) is 4.74 Å². The molecule has 2 aliphatic heterocycles. The van der Waals surface area contributed by atoms with E-state index in [0.717, 1.165) is 11.5 Å². The maximum absolute atomic E-state index is 6.14. The molecule has 1 unspecified atom stereocenters. The van der Waals surface area contributed by atoms with Gasteiger partial charge >= 0.3 is 0 Å². The van der Waals surface area contributed by atoms with E-state index in [9.17, 15) is 0 Å². The van der Waals surface area contributed by atoms with E-state index in [2.05, 4.69) is 66.1 Å². The van der Waals surface area contributed by atoms with Crippen molar-refractivity contribution in [1.82, 2.24) is 4.90 Å². The summed E-state index contributed by atoms with van der Waals surface area (Å²) in [4.78, 5) is 2.62. The van der Waals surface area contributed by atoms with Gasteiger partial charge in [0.05, 0.1) is 5.25 Å². The summed E-state index contributed by atoms with van der Waals surface area (Å²) in [6.07, 6.45) is 4.14. The predicted molar refractivity (Wildman–Crippen MR) is 110 cm³/mol. The lowest BCUT2D eigenvalue weighted by atomic mass is 9.98. The number of rotatable bonds is 4. The number of hydrogen-bond donors (Lipinski definition) is 0. The molecular weight excluding hydrogens is 350 g/mol. The van der Waals surface area contributed by atoms with Gasteiger partial charge in [0.15, 0.2) is 0 Å². The normalized spacial score (nSPS) is 19.3. The van der Waals surface area contributed by atoms with E-state index in [1.54, 1.807) is 0 Å². The van der Waals surface area contributed by atoms with Crippen molar-refractivity contribution < 1.29 is 4.74 Å². The van der Waals surface area contributed by atoms with Gasteiger partial charge < -0.3 is 9.64 Å². The third-order valence-corrected chi connectivity index (χ3v) is 6.27. The Bertz CT molecular complexity index is 715. The molecule has 2 nitrogen and oxygen atoms in total. The van der Waals surface area contributed by atoms with Crippen molar-refractivity contribution in [3.8, 4) is 11.5 Å². The number of halogens is 1. The molecular formula is C21H26ClNOS. The maximum Gasteiger partial charge on any atom is 0.132 e. The highest BCUT2D eigenvalue weighted by Crippen LogP contribution is 2.49. The van der Waals surface area contributed by atoms with Crippen LogP contribution in [0.2, 0.25) is 0 Å². The SMILES string of the molecule is Cc1ccc2c(c1)C(SCCN1CCCCC1)c1ccccc1O2.Cl. The van der Waals surface area contributed by atoms with Gasteiger partial charge in [-0.3, -0.25) is 0 Å². The van der Waals surface area contributed by atoms with Crippen LogP contribution in [-0.4, -0.2) is 30.3 Å². The highest BCUT2D eigenvalue weighted by molar-refractivity contribution is 7.99. The first-order chi connectivity index (χ1) is 11.8. The van der Waals surface area contributed by atoms with Crippen molar-refractivity contribution in [3.05, 3.63) is 59.2 Å². The van der Waals surface area contributed by atoms with E-state index in [1.165, 1.54) is 61.3 Å². The largest absolute Gasteiger partial charge is 0.457 e. The minimum atomic E-state index is 0. The van der Waals surface area contributed by atoms with Crippen molar-refractivity contribution in [2.24, 2.45) is 0 Å². The fourth-order valence-electron chi connectivity index (χ4n) is 3.70. The van der Waals surface area contributed by atoms with E-state index >= 15 is 0 Å². The molecule has 0 aliphatic carbocycles. The first-order valence-corrected chi connectivity index (χ1v) is 10.1. The zero-order valence-corrected chi connectivity index (χ0v) is 16.4. The monoisotopic (exact) mass is 375 g/mol. The number of likely N-dealkylation sites (tertiary alicyclic amines) is 1. The highest BCUT2D eigenvalue weighted by atomic mass is 35.5. The Morgan fingerprint density at radius 2 is 1.76 bits per heavy atom. The smallest absolute Gasteiger partial charge is 0.132 e. The molecule has 0 radical (unpaired) electrons. The van der Waals surface area contributed by atoms with Gasteiger partial charge in [-0.2, -0.15) is 0 Å². The zero-order chi connectivity index (χ0) is 16.4. The van der Waals surface area contributed by atoms with Gasteiger partial charge in [0.2, 0.25) is 0 Å². The third kappa shape index (κ3) is 4.16. The summed E-state index contributed by atoms with van der Waals surface area (Å²) in [5.41, 5.74) is 3.95. The summed E-state index contributed by atoms with van der Waals surface area (Å²) in [5, 5.41) is 0.384. The Labute approximate surface area is 161 Å². The number of benzene rings is 2. The number of piperidine rings is 1. The third-order valence-electron chi connectivity index (χ3n) is 5.01.